The summed E-state index contributed by atoms with van der Waals surface area (Å²) in [6.45, 7) is 1.49. The van der Waals surface area contributed by atoms with Crippen molar-refractivity contribution in [2.45, 2.75) is 19.1 Å². The van der Waals surface area contributed by atoms with E-state index in [1.54, 1.807) is 0 Å². The Labute approximate surface area is 119 Å². The molecule has 1 unspecified atom stereocenters. The number of hydrogen-bond donors (Lipinski definition) is 2. The van der Waals surface area contributed by atoms with E-state index in [1.807, 2.05) is 0 Å². The lowest BCUT2D eigenvalue weighted by atomic mass is 10.0. The number of aromatic hydroxyl groups is 1. The summed E-state index contributed by atoms with van der Waals surface area (Å²) in [4.78, 5) is 11.2. The van der Waals surface area contributed by atoms with Crippen molar-refractivity contribution >= 4 is 30.0 Å². The zero-order valence-corrected chi connectivity index (χ0v) is 11.5. The third-order valence-electron chi connectivity index (χ3n) is 2.24. The van der Waals surface area contributed by atoms with Gasteiger partial charge in [0.1, 0.15) is 0 Å². The van der Waals surface area contributed by atoms with Gasteiger partial charge in [-0.1, -0.05) is 11.6 Å². The third-order valence-corrected chi connectivity index (χ3v) is 2.46. The molecule has 0 amide bonds. The van der Waals surface area contributed by atoms with E-state index in [0.717, 1.165) is 12.1 Å². The molecule has 1 aromatic carbocycles. The van der Waals surface area contributed by atoms with Gasteiger partial charge in [0.05, 0.1) is 12.6 Å². The maximum atomic E-state index is 13.6. The average Bonchev–Trinajstić information content (AvgIpc) is 2.32. The molecule has 0 aliphatic carbocycles. The molecule has 8 heteroatoms. The molecule has 0 heterocycles. The first kappa shape index (κ1) is 17.9. The Morgan fingerprint density at radius 2 is 2.16 bits per heavy atom. The fourth-order valence-corrected chi connectivity index (χ4v) is 1.58. The first-order valence-corrected chi connectivity index (χ1v) is 5.50. The number of alkyl halides is 1. The van der Waals surface area contributed by atoms with Gasteiger partial charge in [-0.25, -0.2) is 13.6 Å². The number of carbonyl (C=O) groups excluding carboxylic acids is 1. The Morgan fingerprint density at radius 3 is 2.68 bits per heavy atom. The van der Waals surface area contributed by atoms with Gasteiger partial charge < -0.3 is 15.6 Å². The van der Waals surface area contributed by atoms with Crippen molar-refractivity contribution in [2.24, 2.45) is 5.73 Å². The van der Waals surface area contributed by atoms with E-state index in [1.165, 1.54) is 6.92 Å². The molecule has 0 radical (unpaired) electrons. The van der Waals surface area contributed by atoms with E-state index < -0.39 is 29.7 Å². The predicted molar refractivity (Wildman–Crippen MR) is 68.8 cm³/mol. The second-order valence-corrected chi connectivity index (χ2v) is 3.94. The van der Waals surface area contributed by atoms with Crippen molar-refractivity contribution in [3.8, 4) is 5.75 Å². The minimum Gasteiger partial charge on any atom is -0.505 e. The Balaban J connectivity index is 0.00000324. The van der Waals surface area contributed by atoms with Crippen LogP contribution in [0.1, 0.15) is 18.5 Å². The highest BCUT2D eigenvalue weighted by atomic mass is 35.5. The van der Waals surface area contributed by atoms with E-state index >= 15 is 0 Å². The molecule has 0 aliphatic rings. The van der Waals surface area contributed by atoms with Crippen molar-refractivity contribution in [2.75, 3.05) is 6.61 Å². The highest BCUT2D eigenvalue weighted by Gasteiger charge is 2.30. The quantitative estimate of drug-likeness (QED) is 0.837. The summed E-state index contributed by atoms with van der Waals surface area (Å²) in [5.74, 6) is -3.05. The largest absolute Gasteiger partial charge is 0.505 e. The van der Waals surface area contributed by atoms with Gasteiger partial charge in [-0.15, -0.1) is 12.4 Å². The molecule has 19 heavy (non-hydrogen) atoms. The smallest absolute Gasteiger partial charge is 0.342 e. The Bertz CT molecular complexity index is 460. The van der Waals surface area contributed by atoms with Crippen LogP contribution in [0, 0.1) is 5.82 Å². The van der Waals surface area contributed by atoms with Crippen LogP contribution in [0.4, 0.5) is 8.78 Å². The molecule has 0 bridgehead atoms. The van der Waals surface area contributed by atoms with Crippen LogP contribution in [-0.2, 0) is 9.53 Å². The number of phenolic OH excluding ortho intramolecular Hbond substituents is 1. The number of hydrogen-bond acceptors (Lipinski definition) is 4. The van der Waals surface area contributed by atoms with Crippen LogP contribution in [0.15, 0.2) is 12.1 Å². The van der Waals surface area contributed by atoms with Crippen LogP contribution in [0.5, 0.6) is 5.75 Å². The molecule has 108 valence electrons. The number of carbonyl (C=O) groups is 1. The first-order valence-electron chi connectivity index (χ1n) is 5.12. The van der Waals surface area contributed by atoms with Crippen LogP contribution in [0.25, 0.3) is 0 Å². The summed E-state index contributed by atoms with van der Waals surface area (Å²) < 4.78 is 31.3. The van der Waals surface area contributed by atoms with Crippen LogP contribution < -0.4 is 5.73 Å². The molecule has 0 spiro atoms. The standard InChI is InChI=1S/C11H12ClF2NO3.ClH/c1-2-18-11(17)8(14)9(15)6-3-5(12)4-7(13)10(6)16;/h3-4,8-9,16H,2,15H2,1H3;1H/t8?,9-;/m0./s1. The zero-order chi connectivity index (χ0) is 13.9. The lowest BCUT2D eigenvalue weighted by Gasteiger charge is -2.17. The van der Waals surface area contributed by atoms with Gasteiger partial charge in [0.25, 0.3) is 0 Å². The van der Waals surface area contributed by atoms with Crippen molar-refractivity contribution in [3.05, 3.63) is 28.5 Å². The summed E-state index contributed by atoms with van der Waals surface area (Å²) in [7, 11) is 0. The minimum absolute atomic E-state index is 0. The van der Waals surface area contributed by atoms with Crippen LogP contribution in [-0.4, -0.2) is 23.9 Å². The lowest BCUT2D eigenvalue weighted by Crippen LogP contribution is -2.31. The maximum Gasteiger partial charge on any atom is 0.342 e. The number of esters is 1. The van der Waals surface area contributed by atoms with E-state index in [0.29, 0.717) is 0 Å². The molecule has 1 aromatic rings. The number of rotatable bonds is 4. The number of phenols is 1. The van der Waals surface area contributed by atoms with Crippen molar-refractivity contribution in [1.82, 2.24) is 0 Å². The molecular weight excluding hydrogens is 303 g/mol. The SMILES string of the molecule is CCOC(=O)C(F)[C@@H](N)c1cc(Cl)cc(F)c1O.Cl. The topological polar surface area (TPSA) is 72.5 Å². The van der Waals surface area contributed by atoms with Crippen LogP contribution in [0.2, 0.25) is 5.02 Å². The van der Waals surface area contributed by atoms with Crippen molar-refractivity contribution < 1.29 is 23.4 Å². The van der Waals surface area contributed by atoms with Gasteiger partial charge >= 0.3 is 5.97 Å². The normalized spacial score (nSPS) is 13.3. The van der Waals surface area contributed by atoms with E-state index in [9.17, 15) is 18.7 Å². The number of ether oxygens (including phenoxy) is 1. The molecule has 1 rings (SSSR count). The third kappa shape index (κ3) is 4.19. The zero-order valence-electron chi connectivity index (χ0n) is 9.90. The second kappa shape index (κ2) is 7.47. The van der Waals surface area contributed by atoms with Gasteiger partial charge in [-0.05, 0) is 19.1 Å². The summed E-state index contributed by atoms with van der Waals surface area (Å²) in [5.41, 5.74) is 5.16. The highest BCUT2D eigenvalue weighted by Crippen LogP contribution is 2.32. The molecular formula is C11H13Cl2F2NO3. The van der Waals surface area contributed by atoms with E-state index in [2.05, 4.69) is 4.74 Å². The fraction of sp³-hybridized carbons (Fsp3) is 0.364. The number of halogens is 4. The molecule has 4 nitrogen and oxygen atoms in total. The summed E-state index contributed by atoms with van der Waals surface area (Å²) in [6.07, 6.45) is -2.21. The van der Waals surface area contributed by atoms with Crippen molar-refractivity contribution in [1.29, 1.82) is 0 Å². The minimum atomic E-state index is -2.21. The van der Waals surface area contributed by atoms with Crippen molar-refractivity contribution in [3.63, 3.8) is 0 Å². The maximum absolute atomic E-state index is 13.6. The average molecular weight is 316 g/mol. The van der Waals surface area contributed by atoms with Crippen LogP contribution >= 0.6 is 24.0 Å². The van der Waals surface area contributed by atoms with E-state index in [4.69, 9.17) is 17.3 Å². The summed E-state index contributed by atoms with van der Waals surface area (Å²) in [5, 5.41) is 9.36. The number of benzene rings is 1. The highest BCUT2D eigenvalue weighted by molar-refractivity contribution is 6.30. The molecule has 2 atom stereocenters. The summed E-state index contributed by atoms with van der Waals surface area (Å²) in [6, 6.07) is 0.387. The number of nitrogens with two attached hydrogens (primary N) is 1. The molecule has 0 aromatic heterocycles. The molecule has 0 saturated heterocycles. The molecule has 0 fully saturated rings. The van der Waals surface area contributed by atoms with Gasteiger partial charge in [0.15, 0.2) is 11.6 Å². The summed E-state index contributed by atoms with van der Waals surface area (Å²) >= 11 is 5.57. The lowest BCUT2D eigenvalue weighted by molar-refractivity contribution is -0.149. The molecule has 0 saturated carbocycles. The second-order valence-electron chi connectivity index (χ2n) is 3.51. The Morgan fingerprint density at radius 1 is 1.58 bits per heavy atom. The molecule has 3 N–H and O–H groups in total. The van der Waals surface area contributed by atoms with Gasteiger partial charge in [-0.2, -0.15) is 0 Å². The Kier molecular flexibility index (Phi) is 7.04. The first-order chi connectivity index (χ1) is 8.38. The fourth-order valence-electron chi connectivity index (χ4n) is 1.37. The van der Waals surface area contributed by atoms with Gasteiger partial charge in [0, 0.05) is 10.6 Å². The predicted octanol–water partition coefficient (Wildman–Crippen LogP) is 2.51. The van der Waals surface area contributed by atoms with Gasteiger partial charge in [0.2, 0.25) is 6.17 Å². The Hall–Kier alpha value is -1.11. The monoisotopic (exact) mass is 315 g/mol. The van der Waals surface area contributed by atoms with Gasteiger partial charge in [-0.3, -0.25) is 0 Å². The van der Waals surface area contributed by atoms with E-state index in [-0.39, 0.29) is 29.6 Å². The molecule has 0 aliphatic heterocycles. The van der Waals surface area contributed by atoms with Crippen LogP contribution in [0.3, 0.4) is 0 Å².